The lowest BCUT2D eigenvalue weighted by Crippen LogP contribution is -2.46. The zero-order valence-corrected chi connectivity index (χ0v) is 8.89. The van der Waals surface area contributed by atoms with Gasteiger partial charge in [0.25, 0.3) is 0 Å². The van der Waals surface area contributed by atoms with Gasteiger partial charge < -0.3 is 36.1 Å². The van der Waals surface area contributed by atoms with Crippen LogP contribution < -0.4 is 17.0 Å². The molecule has 0 aromatic heterocycles. The minimum atomic E-state index is -1.79. The molecule has 0 radical (unpaired) electrons. The number of hydrazine groups is 1. The molecule has 0 aliphatic heterocycles. The van der Waals surface area contributed by atoms with Gasteiger partial charge in [-0.1, -0.05) is 0 Å². The summed E-state index contributed by atoms with van der Waals surface area (Å²) >= 11 is 0. The SMILES string of the molecule is N=C(N)NN.O=CC(O)C(O)C(O)C(O)CO. The van der Waals surface area contributed by atoms with E-state index in [1.807, 2.05) is 5.43 Å². The van der Waals surface area contributed by atoms with Crippen molar-refractivity contribution in [3.63, 3.8) is 0 Å². The summed E-state index contributed by atoms with van der Waals surface area (Å²) in [7, 11) is 0. The molecule has 0 rings (SSSR count). The van der Waals surface area contributed by atoms with E-state index in [-0.39, 0.29) is 12.2 Å². The van der Waals surface area contributed by atoms with Crippen LogP contribution in [0.3, 0.4) is 0 Å². The first-order chi connectivity index (χ1) is 7.81. The molecule has 102 valence electrons. The summed E-state index contributed by atoms with van der Waals surface area (Å²) in [5.74, 6) is 4.35. The van der Waals surface area contributed by atoms with Crippen LogP contribution in [-0.2, 0) is 4.79 Å². The van der Waals surface area contributed by atoms with Crippen LogP contribution in [0.4, 0.5) is 0 Å². The third kappa shape index (κ3) is 8.50. The van der Waals surface area contributed by atoms with E-state index in [4.69, 9.17) is 30.9 Å². The summed E-state index contributed by atoms with van der Waals surface area (Å²) in [6.45, 7) is -0.760. The first-order valence-corrected chi connectivity index (χ1v) is 4.40. The number of hydrogen-bond donors (Lipinski definition) is 9. The fraction of sp³-hybridized carbons (Fsp3) is 0.714. The Balaban J connectivity index is 0. The summed E-state index contributed by atoms with van der Waals surface area (Å²) in [5.41, 5.74) is 6.53. The van der Waals surface area contributed by atoms with Crippen molar-refractivity contribution in [2.45, 2.75) is 24.4 Å². The van der Waals surface area contributed by atoms with E-state index in [1.165, 1.54) is 0 Å². The van der Waals surface area contributed by atoms with Gasteiger partial charge in [-0.3, -0.25) is 10.8 Å². The molecule has 0 spiro atoms. The lowest BCUT2D eigenvalue weighted by Gasteiger charge is -2.22. The molecular formula is C7H18N4O6. The number of carbonyl (C=O) groups is 1. The van der Waals surface area contributed by atoms with Gasteiger partial charge in [0.1, 0.15) is 24.4 Å². The monoisotopic (exact) mass is 254 g/mol. The second-order valence-corrected chi connectivity index (χ2v) is 2.92. The zero-order valence-electron chi connectivity index (χ0n) is 8.89. The molecule has 0 fully saturated rings. The van der Waals surface area contributed by atoms with Crippen molar-refractivity contribution in [2.75, 3.05) is 6.61 Å². The summed E-state index contributed by atoms with van der Waals surface area (Å²) in [4.78, 5) is 9.90. The fourth-order valence-electron chi connectivity index (χ4n) is 0.618. The Morgan fingerprint density at radius 1 is 1.29 bits per heavy atom. The van der Waals surface area contributed by atoms with Crippen molar-refractivity contribution in [1.29, 1.82) is 5.41 Å². The zero-order chi connectivity index (χ0) is 14.0. The maximum absolute atomic E-state index is 9.90. The number of rotatable bonds is 5. The molecule has 0 saturated carbocycles. The van der Waals surface area contributed by atoms with Crippen LogP contribution in [-0.4, -0.2) is 68.8 Å². The van der Waals surface area contributed by atoms with Gasteiger partial charge in [0.2, 0.25) is 0 Å². The van der Waals surface area contributed by atoms with Crippen molar-refractivity contribution in [1.82, 2.24) is 5.43 Å². The maximum atomic E-state index is 9.90. The van der Waals surface area contributed by atoms with Gasteiger partial charge in [-0.05, 0) is 0 Å². The van der Waals surface area contributed by atoms with E-state index in [9.17, 15) is 4.79 Å². The Morgan fingerprint density at radius 3 is 1.94 bits per heavy atom. The van der Waals surface area contributed by atoms with E-state index < -0.39 is 31.0 Å². The number of hydrogen-bond acceptors (Lipinski definition) is 8. The number of guanidine groups is 1. The molecule has 0 bridgehead atoms. The Hall–Kier alpha value is -1.30. The minimum Gasteiger partial charge on any atom is -0.394 e. The first-order valence-electron chi connectivity index (χ1n) is 4.40. The molecule has 17 heavy (non-hydrogen) atoms. The Labute approximate surface area is 97.0 Å². The van der Waals surface area contributed by atoms with Gasteiger partial charge in [0.15, 0.2) is 12.2 Å². The highest BCUT2D eigenvalue weighted by molar-refractivity contribution is 5.73. The van der Waals surface area contributed by atoms with Gasteiger partial charge in [-0.2, -0.15) is 0 Å². The highest BCUT2D eigenvalue weighted by Crippen LogP contribution is 2.02. The number of aldehydes is 1. The number of aliphatic hydroxyl groups excluding tert-OH is 5. The smallest absolute Gasteiger partial charge is 0.200 e. The van der Waals surface area contributed by atoms with Crippen LogP contribution in [0.2, 0.25) is 0 Å². The topological polar surface area (TPSA) is 206 Å². The Morgan fingerprint density at radius 2 is 1.71 bits per heavy atom. The van der Waals surface area contributed by atoms with E-state index in [0.717, 1.165) is 0 Å². The predicted octanol–water partition coefficient (Wildman–Crippen LogP) is -5.04. The molecule has 10 nitrogen and oxygen atoms in total. The minimum absolute atomic E-state index is 0.0258. The highest BCUT2D eigenvalue weighted by atomic mass is 16.4. The van der Waals surface area contributed by atoms with Crippen LogP contribution in [0.15, 0.2) is 0 Å². The second kappa shape index (κ2) is 9.89. The summed E-state index contributed by atoms with van der Waals surface area (Å²) in [6.07, 6.45) is -6.84. The number of nitrogens with two attached hydrogens (primary N) is 2. The van der Waals surface area contributed by atoms with Crippen LogP contribution in [0, 0.1) is 5.41 Å². The standard InChI is InChI=1S/C6H12O6.CH6N4/c7-1-3(9)5(11)6(12)4(10)2-8;2-1(3)5-4/h1,3-6,8-12H,2H2;4H2,(H4,2,3,5). The average molecular weight is 254 g/mol. The van der Waals surface area contributed by atoms with Crippen molar-refractivity contribution in [3.8, 4) is 0 Å². The summed E-state index contributed by atoms with van der Waals surface area (Å²) in [5, 5.41) is 49.8. The summed E-state index contributed by atoms with van der Waals surface area (Å²) < 4.78 is 0. The van der Waals surface area contributed by atoms with E-state index >= 15 is 0 Å². The third-order valence-electron chi connectivity index (χ3n) is 1.58. The lowest BCUT2D eigenvalue weighted by atomic mass is 10.0. The quantitative estimate of drug-likeness (QED) is 0.0755. The van der Waals surface area contributed by atoms with Crippen LogP contribution in [0.5, 0.6) is 0 Å². The molecule has 0 aromatic carbocycles. The fourth-order valence-corrected chi connectivity index (χ4v) is 0.618. The normalized spacial score (nSPS) is 16.8. The lowest BCUT2D eigenvalue weighted by molar-refractivity contribution is -0.136. The Kier molecular flexibility index (Phi) is 10.5. The molecule has 0 aromatic rings. The third-order valence-corrected chi connectivity index (χ3v) is 1.58. The van der Waals surface area contributed by atoms with Crippen LogP contribution >= 0.6 is 0 Å². The van der Waals surface area contributed by atoms with Gasteiger partial charge in [-0.25, -0.2) is 5.84 Å². The van der Waals surface area contributed by atoms with Gasteiger partial charge >= 0.3 is 0 Å². The molecule has 4 unspecified atom stereocenters. The van der Waals surface area contributed by atoms with Crippen molar-refractivity contribution in [2.24, 2.45) is 11.6 Å². The number of carbonyl (C=O) groups excluding carboxylic acids is 1. The highest BCUT2D eigenvalue weighted by Gasteiger charge is 2.29. The van der Waals surface area contributed by atoms with Gasteiger partial charge in [-0.15, -0.1) is 0 Å². The van der Waals surface area contributed by atoms with Crippen molar-refractivity contribution >= 4 is 12.2 Å². The molecule has 10 heteroatoms. The molecule has 0 heterocycles. The molecule has 0 amide bonds. The van der Waals surface area contributed by atoms with E-state index in [2.05, 4.69) is 11.6 Å². The molecule has 11 N–H and O–H groups in total. The van der Waals surface area contributed by atoms with E-state index in [1.54, 1.807) is 0 Å². The van der Waals surface area contributed by atoms with Crippen LogP contribution in [0.1, 0.15) is 0 Å². The Bertz CT molecular complexity index is 228. The first kappa shape index (κ1) is 18.1. The van der Waals surface area contributed by atoms with Gasteiger partial charge in [0.05, 0.1) is 6.61 Å². The molecule has 4 atom stereocenters. The molecule has 0 saturated heterocycles. The van der Waals surface area contributed by atoms with Gasteiger partial charge in [0, 0.05) is 0 Å². The largest absolute Gasteiger partial charge is 0.394 e. The second-order valence-electron chi connectivity index (χ2n) is 2.92. The molecular weight excluding hydrogens is 236 g/mol. The molecule has 0 aliphatic rings. The van der Waals surface area contributed by atoms with Crippen molar-refractivity contribution in [3.05, 3.63) is 0 Å². The van der Waals surface area contributed by atoms with Crippen molar-refractivity contribution < 1.29 is 30.3 Å². The molecule has 0 aliphatic carbocycles. The average Bonchev–Trinajstić information content (AvgIpc) is 2.35. The summed E-state index contributed by atoms with van der Waals surface area (Å²) in [6, 6.07) is 0. The predicted molar refractivity (Wildman–Crippen MR) is 56.4 cm³/mol. The number of nitrogens with one attached hydrogen (secondary N) is 2. The number of aliphatic hydroxyl groups is 5. The van der Waals surface area contributed by atoms with E-state index in [0.29, 0.717) is 0 Å². The van der Waals surface area contributed by atoms with Crippen LogP contribution in [0.25, 0.3) is 0 Å². The maximum Gasteiger partial charge on any atom is 0.200 e.